The summed E-state index contributed by atoms with van der Waals surface area (Å²) in [6.45, 7) is 10.3. The summed E-state index contributed by atoms with van der Waals surface area (Å²) in [6.07, 6.45) is 2.67. The maximum atomic E-state index is 3.23. The molecular formula is C10H23N. The van der Waals surface area contributed by atoms with Crippen LogP contribution in [0.3, 0.4) is 0 Å². The van der Waals surface area contributed by atoms with E-state index in [1.807, 2.05) is 7.05 Å². The Hall–Kier alpha value is -0.0400. The highest BCUT2D eigenvalue weighted by molar-refractivity contribution is 4.70. The molecule has 0 heterocycles. The largest absolute Gasteiger partial charge is 0.319 e. The molecule has 0 aromatic carbocycles. The Morgan fingerprint density at radius 3 is 2.18 bits per heavy atom. The second-order valence-electron chi connectivity index (χ2n) is 4.63. The van der Waals surface area contributed by atoms with Gasteiger partial charge in [0, 0.05) is 0 Å². The van der Waals surface area contributed by atoms with E-state index in [0.29, 0.717) is 5.41 Å². The van der Waals surface area contributed by atoms with Crippen LogP contribution in [-0.2, 0) is 0 Å². The van der Waals surface area contributed by atoms with Crippen molar-refractivity contribution in [3.63, 3.8) is 0 Å². The van der Waals surface area contributed by atoms with Gasteiger partial charge in [-0.05, 0) is 31.3 Å². The van der Waals surface area contributed by atoms with E-state index in [9.17, 15) is 0 Å². The Morgan fingerprint density at radius 2 is 1.82 bits per heavy atom. The summed E-state index contributed by atoms with van der Waals surface area (Å²) in [5.41, 5.74) is 0.471. The normalized spacial score (nSPS) is 12.5. The van der Waals surface area contributed by atoms with E-state index in [-0.39, 0.29) is 0 Å². The first-order valence-corrected chi connectivity index (χ1v) is 4.62. The van der Waals surface area contributed by atoms with Gasteiger partial charge in [0.1, 0.15) is 0 Å². The predicted octanol–water partition coefficient (Wildman–Crippen LogP) is 2.67. The maximum absolute atomic E-state index is 3.23. The number of hydrogen-bond donors (Lipinski definition) is 1. The van der Waals surface area contributed by atoms with Crippen molar-refractivity contribution in [1.82, 2.24) is 5.32 Å². The van der Waals surface area contributed by atoms with E-state index in [1.54, 1.807) is 0 Å². The number of hydrogen-bond acceptors (Lipinski definition) is 1. The van der Waals surface area contributed by atoms with Gasteiger partial charge in [0.05, 0.1) is 0 Å². The van der Waals surface area contributed by atoms with Gasteiger partial charge < -0.3 is 5.32 Å². The molecule has 0 radical (unpaired) electrons. The van der Waals surface area contributed by atoms with E-state index in [1.165, 1.54) is 12.8 Å². The van der Waals surface area contributed by atoms with Crippen molar-refractivity contribution >= 4 is 0 Å². The lowest BCUT2D eigenvalue weighted by atomic mass is 9.85. The summed E-state index contributed by atoms with van der Waals surface area (Å²) in [7, 11) is 2.02. The van der Waals surface area contributed by atoms with Gasteiger partial charge in [-0.15, -0.1) is 0 Å². The van der Waals surface area contributed by atoms with Crippen molar-refractivity contribution in [3.05, 3.63) is 0 Å². The summed E-state index contributed by atoms with van der Waals surface area (Å²) in [5, 5.41) is 3.23. The van der Waals surface area contributed by atoms with Gasteiger partial charge >= 0.3 is 0 Å². The molecule has 0 aliphatic rings. The van der Waals surface area contributed by atoms with Crippen LogP contribution in [0, 0.1) is 11.3 Å². The Kier molecular flexibility index (Phi) is 4.74. The molecule has 0 spiro atoms. The second kappa shape index (κ2) is 4.76. The molecule has 1 nitrogen and oxygen atoms in total. The Labute approximate surface area is 71.6 Å². The molecule has 0 aliphatic carbocycles. The van der Waals surface area contributed by atoms with Crippen molar-refractivity contribution in [2.75, 3.05) is 13.6 Å². The summed E-state index contributed by atoms with van der Waals surface area (Å²) in [6, 6.07) is 0. The van der Waals surface area contributed by atoms with Crippen molar-refractivity contribution in [1.29, 1.82) is 0 Å². The zero-order chi connectivity index (χ0) is 8.91. The lowest BCUT2D eigenvalue weighted by Crippen LogP contribution is -2.26. The fourth-order valence-electron chi connectivity index (χ4n) is 1.25. The highest BCUT2D eigenvalue weighted by Gasteiger charge is 2.16. The van der Waals surface area contributed by atoms with Crippen LogP contribution in [0.2, 0.25) is 0 Å². The van der Waals surface area contributed by atoms with Crippen LogP contribution in [0.1, 0.15) is 40.5 Å². The standard InChI is InChI=1S/C10H23N/c1-9(2)6-7-10(3,4)8-11-5/h9,11H,6-8H2,1-5H3. The van der Waals surface area contributed by atoms with E-state index < -0.39 is 0 Å². The van der Waals surface area contributed by atoms with Crippen molar-refractivity contribution < 1.29 is 0 Å². The van der Waals surface area contributed by atoms with E-state index >= 15 is 0 Å². The molecule has 11 heavy (non-hydrogen) atoms. The zero-order valence-electron chi connectivity index (χ0n) is 8.70. The van der Waals surface area contributed by atoms with Gasteiger partial charge in [0.15, 0.2) is 0 Å². The van der Waals surface area contributed by atoms with Crippen LogP contribution in [-0.4, -0.2) is 13.6 Å². The van der Waals surface area contributed by atoms with Gasteiger partial charge in [-0.3, -0.25) is 0 Å². The first-order chi connectivity index (χ1) is 4.98. The van der Waals surface area contributed by atoms with Crippen molar-refractivity contribution in [2.24, 2.45) is 11.3 Å². The zero-order valence-corrected chi connectivity index (χ0v) is 8.70. The Bertz CT molecular complexity index is 95.0. The first-order valence-electron chi connectivity index (χ1n) is 4.62. The maximum Gasteiger partial charge on any atom is -0.0000486 e. The van der Waals surface area contributed by atoms with Crippen LogP contribution in [0.15, 0.2) is 0 Å². The van der Waals surface area contributed by atoms with E-state index in [2.05, 4.69) is 33.0 Å². The molecule has 0 amide bonds. The average molecular weight is 157 g/mol. The third-order valence-corrected chi connectivity index (χ3v) is 2.05. The minimum Gasteiger partial charge on any atom is -0.319 e. The average Bonchev–Trinajstić information content (AvgIpc) is 1.84. The Morgan fingerprint density at radius 1 is 1.27 bits per heavy atom. The fourth-order valence-corrected chi connectivity index (χ4v) is 1.25. The molecule has 0 saturated heterocycles. The van der Waals surface area contributed by atoms with Crippen molar-refractivity contribution in [3.8, 4) is 0 Å². The molecule has 0 unspecified atom stereocenters. The van der Waals surface area contributed by atoms with E-state index in [4.69, 9.17) is 0 Å². The fraction of sp³-hybridized carbons (Fsp3) is 1.00. The molecule has 1 heteroatoms. The lowest BCUT2D eigenvalue weighted by molar-refractivity contribution is 0.296. The minimum atomic E-state index is 0.471. The number of nitrogens with one attached hydrogen (secondary N) is 1. The molecule has 0 aliphatic heterocycles. The third-order valence-electron chi connectivity index (χ3n) is 2.05. The van der Waals surface area contributed by atoms with Gasteiger partial charge in [-0.2, -0.15) is 0 Å². The third kappa shape index (κ3) is 6.36. The molecule has 0 aromatic heterocycles. The SMILES string of the molecule is CNCC(C)(C)CCC(C)C. The van der Waals surface area contributed by atoms with Gasteiger partial charge in [0.25, 0.3) is 0 Å². The summed E-state index contributed by atoms with van der Waals surface area (Å²) in [5.74, 6) is 0.839. The van der Waals surface area contributed by atoms with E-state index in [0.717, 1.165) is 12.5 Å². The highest BCUT2D eigenvalue weighted by Crippen LogP contribution is 2.23. The van der Waals surface area contributed by atoms with Crippen molar-refractivity contribution in [2.45, 2.75) is 40.5 Å². The molecule has 68 valence electrons. The molecular weight excluding hydrogens is 134 g/mol. The summed E-state index contributed by atoms with van der Waals surface area (Å²) in [4.78, 5) is 0. The molecule has 0 atom stereocenters. The smallest absolute Gasteiger partial charge is 0.0000486 e. The first kappa shape index (κ1) is 11.0. The summed E-state index contributed by atoms with van der Waals surface area (Å²) < 4.78 is 0. The second-order valence-corrected chi connectivity index (χ2v) is 4.63. The lowest BCUT2D eigenvalue weighted by Gasteiger charge is -2.24. The molecule has 0 rings (SSSR count). The molecule has 0 saturated carbocycles. The minimum absolute atomic E-state index is 0.471. The van der Waals surface area contributed by atoms with Gasteiger partial charge in [0.2, 0.25) is 0 Å². The highest BCUT2D eigenvalue weighted by atomic mass is 14.8. The van der Waals surface area contributed by atoms with Crippen LogP contribution < -0.4 is 5.32 Å². The topological polar surface area (TPSA) is 12.0 Å². The van der Waals surface area contributed by atoms with Crippen LogP contribution >= 0.6 is 0 Å². The predicted molar refractivity (Wildman–Crippen MR) is 51.8 cm³/mol. The molecule has 1 N–H and O–H groups in total. The molecule has 0 aromatic rings. The summed E-state index contributed by atoms with van der Waals surface area (Å²) >= 11 is 0. The quantitative estimate of drug-likeness (QED) is 0.647. The van der Waals surface area contributed by atoms with Crippen LogP contribution in [0.4, 0.5) is 0 Å². The van der Waals surface area contributed by atoms with Gasteiger partial charge in [-0.25, -0.2) is 0 Å². The monoisotopic (exact) mass is 157 g/mol. The Balaban J connectivity index is 3.54. The van der Waals surface area contributed by atoms with Crippen LogP contribution in [0.25, 0.3) is 0 Å². The van der Waals surface area contributed by atoms with Crippen LogP contribution in [0.5, 0.6) is 0 Å². The molecule has 0 bridgehead atoms. The van der Waals surface area contributed by atoms with Gasteiger partial charge in [-0.1, -0.05) is 34.1 Å². The molecule has 0 fully saturated rings. The number of rotatable bonds is 5.